The van der Waals surface area contributed by atoms with Crippen molar-refractivity contribution in [3.05, 3.63) is 35.6 Å². The molecule has 3 atom stereocenters. The Bertz CT molecular complexity index is 646. The predicted octanol–water partition coefficient (Wildman–Crippen LogP) is 3.11. The zero-order valence-corrected chi connectivity index (χ0v) is 15.5. The minimum Gasteiger partial charge on any atom is -0.362 e. The van der Waals surface area contributed by atoms with Gasteiger partial charge in [0.25, 0.3) is 0 Å². The normalized spacial score (nSPS) is 32.1. The summed E-state index contributed by atoms with van der Waals surface area (Å²) in [5.74, 6) is 0.973. The second kappa shape index (κ2) is 7.28. The minimum atomic E-state index is -0.278. The second-order valence-corrected chi connectivity index (χ2v) is 8.41. The summed E-state index contributed by atoms with van der Waals surface area (Å²) in [7, 11) is 0. The van der Waals surface area contributed by atoms with Gasteiger partial charge in [0.05, 0.1) is 5.60 Å². The molecule has 1 aromatic rings. The predicted molar refractivity (Wildman–Crippen MR) is 98.0 cm³/mol. The van der Waals surface area contributed by atoms with Crippen LogP contribution in [0.4, 0.5) is 4.39 Å². The average Bonchev–Trinajstić information content (AvgIpc) is 3.36. The summed E-state index contributed by atoms with van der Waals surface area (Å²) in [6, 6.07) is 6.76. The third-order valence-corrected chi connectivity index (χ3v) is 6.36. The molecule has 26 heavy (non-hydrogen) atoms. The molecule has 2 aliphatic heterocycles. The van der Waals surface area contributed by atoms with Gasteiger partial charge in [0, 0.05) is 26.2 Å². The summed E-state index contributed by atoms with van der Waals surface area (Å²) in [5.41, 5.74) is 0.986. The number of piperidine rings is 1. The number of halogens is 1. The molecule has 2 heterocycles. The van der Waals surface area contributed by atoms with Crippen LogP contribution in [0.3, 0.4) is 0 Å². The Morgan fingerprint density at radius 1 is 1.27 bits per heavy atom. The van der Waals surface area contributed by atoms with Crippen LogP contribution >= 0.6 is 0 Å². The summed E-state index contributed by atoms with van der Waals surface area (Å²) < 4.78 is 19.4. The number of carbonyl (C=O) groups excluding carboxylic acids is 1. The highest BCUT2D eigenvalue weighted by molar-refractivity contribution is 5.81. The first-order chi connectivity index (χ1) is 12.5. The van der Waals surface area contributed by atoms with Crippen LogP contribution in [0.5, 0.6) is 0 Å². The van der Waals surface area contributed by atoms with E-state index in [4.69, 9.17) is 4.74 Å². The Hall–Kier alpha value is -1.46. The molecule has 1 saturated carbocycles. The van der Waals surface area contributed by atoms with Crippen molar-refractivity contribution in [2.75, 3.05) is 19.6 Å². The molecular formula is C21H29FN2O2. The first-order valence-corrected chi connectivity index (χ1v) is 9.96. The maximum atomic E-state index is 13.1. The molecule has 1 spiro atoms. The molecule has 142 valence electrons. The third-order valence-electron chi connectivity index (χ3n) is 6.36. The summed E-state index contributed by atoms with van der Waals surface area (Å²) in [6.45, 7) is 5.80. The molecular weight excluding hydrogens is 331 g/mol. The average molecular weight is 360 g/mol. The van der Waals surface area contributed by atoms with E-state index in [0.717, 1.165) is 51.0 Å². The fraction of sp³-hybridized carbons (Fsp3) is 0.667. The van der Waals surface area contributed by atoms with Crippen LogP contribution < -0.4 is 5.32 Å². The molecule has 1 aliphatic carbocycles. The Balaban J connectivity index is 1.30. The first-order valence-electron chi connectivity index (χ1n) is 9.96. The van der Waals surface area contributed by atoms with E-state index in [2.05, 4.69) is 17.1 Å². The quantitative estimate of drug-likeness (QED) is 0.877. The van der Waals surface area contributed by atoms with Gasteiger partial charge in [-0.2, -0.15) is 0 Å². The van der Waals surface area contributed by atoms with Crippen molar-refractivity contribution in [1.29, 1.82) is 0 Å². The number of nitrogens with one attached hydrogen (secondary N) is 1. The summed E-state index contributed by atoms with van der Waals surface area (Å²) >= 11 is 0. The van der Waals surface area contributed by atoms with Crippen LogP contribution in [0.15, 0.2) is 24.3 Å². The Labute approximate surface area is 155 Å². The Morgan fingerprint density at radius 3 is 2.73 bits per heavy atom. The molecule has 3 fully saturated rings. The van der Waals surface area contributed by atoms with Gasteiger partial charge in [-0.1, -0.05) is 19.1 Å². The van der Waals surface area contributed by atoms with E-state index in [1.54, 1.807) is 0 Å². The van der Waals surface area contributed by atoms with Crippen LogP contribution in [-0.2, 0) is 16.1 Å². The summed E-state index contributed by atoms with van der Waals surface area (Å²) in [5, 5.41) is 3.06. The Morgan fingerprint density at radius 2 is 2.04 bits per heavy atom. The van der Waals surface area contributed by atoms with Crippen molar-refractivity contribution >= 4 is 5.91 Å². The summed E-state index contributed by atoms with van der Waals surface area (Å²) in [4.78, 5) is 14.8. The van der Waals surface area contributed by atoms with Crippen LogP contribution in [0.25, 0.3) is 0 Å². The van der Waals surface area contributed by atoms with Gasteiger partial charge in [-0.15, -0.1) is 0 Å². The van der Waals surface area contributed by atoms with Crippen molar-refractivity contribution in [2.45, 2.75) is 57.3 Å². The smallest absolute Gasteiger partial charge is 0.249 e. The number of hydrogen-bond acceptors (Lipinski definition) is 3. The SMILES string of the molecule is C[C@H]1CN(Cc2ccc(F)cc2)CC[C@]12CC[C@H](C(=O)NCC1CC1)O2. The summed E-state index contributed by atoms with van der Waals surface area (Å²) in [6.07, 6.45) is 4.98. The standard InChI is InChI=1S/C21H29FN2O2/c1-15-13-24(14-17-4-6-18(22)7-5-17)11-10-21(15)9-8-19(26-21)20(25)23-12-16-2-3-16/h4-7,15-16,19H,2-3,8-14H2,1H3,(H,23,25)/t15-,19+,21+/m0/s1. The number of benzene rings is 1. The highest BCUT2D eigenvalue weighted by atomic mass is 19.1. The van der Waals surface area contributed by atoms with Gasteiger partial charge in [0.2, 0.25) is 5.91 Å². The van der Waals surface area contributed by atoms with Crippen LogP contribution in [0.2, 0.25) is 0 Å². The van der Waals surface area contributed by atoms with E-state index in [0.29, 0.717) is 11.8 Å². The van der Waals surface area contributed by atoms with E-state index in [1.165, 1.54) is 25.0 Å². The zero-order chi connectivity index (χ0) is 18.1. The van der Waals surface area contributed by atoms with Crippen molar-refractivity contribution < 1.29 is 13.9 Å². The number of likely N-dealkylation sites (tertiary alicyclic amines) is 1. The number of amides is 1. The molecule has 1 aromatic carbocycles. The highest BCUT2D eigenvalue weighted by Crippen LogP contribution is 2.42. The minimum absolute atomic E-state index is 0.0784. The molecule has 4 rings (SSSR count). The van der Waals surface area contributed by atoms with Crippen molar-refractivity contribution in [3.8, 4) is 0 Å². The van der Waals surface area contributed by atoms with Gasteiger partial charge in [-0.05, 0) is 61.6 Å². The molecule has 0 radical (unpaired) electrons. The van der Waals surface area contributed by atoms with E-state index < -0.39 is 0 Å². The van der Waals surface area contributed by atoms with Crippen LogP contribution in [-0.4, -0.2) is 42.1 Å². The van der Waals surface area contributed by atoms with Gasteiger partial charge in [0.1, 0.15) is 11.9 Å². The van der Waals surface area contributed by atoms with Gasteiger partial charge < -0.3 is 10.1 Å². The molecule has 0 unspecified atom stereocenters. The Kier molecular flexibility index (Phi) is 5.02. The van der Waals surface area contributed by atoms with Crippen molar-refractivity contribution in [1.82, 2.24) is 10.2 Å². The lowest BCUT2D eigenvalue weighted by molar-refractivity contribution is -0.147. The lowest BCUT2D eigenvalue weighted by atomic mass is 9.80. The molecule has 0 aromatic heterocycles. The maximum absolute atomic E-state index is 13.1. The van der Waals surface area contributed by atoms with Crippen molar-refractivity contribution in [3.63, 3.8) is 0 Å². The lowest BCUT2D eigenvalue weighted by Crippen LogP contribution is -2.51. The maximum Gasteiger partial charge on any atom is 0.249 e. The molecule has 2 saturated heterocycles. The fourth-order valence-electron chi connectivity index (χ4n) is 4.42. The largest absolute Gasteiger partial charge is 0.362 e. The van der Waals surface area contributed by atoms with Gasteiger partial charge in [-0.3, -0.25) is 9.69 Å². The lowest BCUT2D eigenvalue weighted by Gasteiger charge is -2.44. The number of hydrogen-bond donors (Lipinski definition) is 1. The van der Waals surface area contributed by atoms with E-state index in [1.807, 2.05) is 12.1 Å². The fourth-order valence-corrected chi connectivity index (χ4v) is 4.42. The van der Waals surface area contributed by atoms with Gasteiger partial charge in [0.15, 0.2) is 0 Å². The van der Waals surface area contributed by atoms with E-state index in [-0.39, 0.29) is 23.4 Å². The molecule has 1 N–H and O–H groups in total. The molecule has 4 nitrogen and oxygen atoms in total. The van der Waals surface area contributed by atoms with E-state index >= 15 is 0 Å². The van der Waals surface area contributed by atoms with Crippen molar-refractivity contribution in [2.24, 2.45) is 11.8 Å². The zero-order valence-electron chi connectivity index (χ0n) is 15.5. The van der Waals surface area contributed by atoms with Crippen LogP contribution in [0, 0.1) is 17.7 Å². The van der Waals surface area contributed by atoms with Gasteiger partial charge >= 0.3 is 0 Å². The van der Waals surface area contributed by atoms with Gasteiger partial charge in [-0.25, -0.2) is 4.39 Å². The monoisotopic (exact) mass is 360 g/mol. The van der Waals surface area contributed by atoms with E-state index in [9.17, 15) is 9.18 Å². The number of nitrogens with zero attached hydrogens (tertiary/aromatic N) is 1. The third kappa shape index (κ3) is 3.94. The molecule has 1 amide bonds. The molecule has 3 aliphatic rings. The topological polar surface area (TPSA) is 41.6 Å². The van der Waals surface area contributed by atoms with Crippen LogP contribution in [0.1, 0.15) is 44.6 Å². The second-order valence-electron chi connectivity index (χ2n) is 8.41. The molecule has 0 bridgehead atoms. The number of rotatable bonds is 5. The number of carbonyl (C=O) groups is 1. The highest BCUT2D eigenvalue weighted by Gasteiger charge is 2.48. The molecule has 5 heteroatoms. The first kappa shape index (κ1) is 17.9. The number of ether oxygens (including phenoxy) is 1.